The van der Waals surface area contributed by atoms with Crippen molar-refractivity contribution in [2.45, 2.75) is 13.3 Å². The highest BCUT2D eigenvalue weighted by Crippen LogP contribution is 2.38. The molecule has 1 aliphatic rings. The predicted octanol–water partition coefficient (Wildman–Crippen LogP) is 2.80. The van der Waals surface area contributed by atoms with Crippen LogP contribution < -0.4 is 5.32 Å². The SMILES string of the molecule is CC1CC1CNc1cccc(F)c1[N+](=O)[O-]. The van der Waals surface area contributed by atoms with Gasteiger partial charge in [0.2, 0.25) is 5.82 Å². The summed E-state index contributed by atoms with van der Waals surface area (Å²) in [6, 6.07) is 4.11. The lowest BCUT2D eigenvalue weighted by molar-refractivity contribution is -0.386. The third kappa shape index (κ3) is 2.13. The van der Waals surface area contributed by atoms with Gasteiger partial charge in [-0.15, -0.1) is 0 Å². The average Bonchev–Trinajstić information content (AvgIpc) is 2.91. The first kappa shape index (κ1) is 10.9. The fourth-order valence-corrected chi connectivity index (χ4v) is 1.77. The van der Waals surface area contributed by atoms with E-state index in [0.717, 1.165) is 12.5 Å². The molecule has 0 spiro atoms. The van der Waals surface area contributed by atoms with Gasteiger partial charge in [0.05, 0.1) is 4.92 Å². The molecule has 2 rings (SSSR count). The molecule has 0 aromatic heterocycles. The Balaban J connectivity index is 2.12. The summed E-state index contributed by atoms with van der Waals surface area (Å²) in [7, 11) is 0. The van der Waals surface area contributed by atoms with Crippen LogP contribution in [0.4, 0.5) is 15.8 Å². The van der Waals surface area contributed by atoms with E-state index in [4.69, 9.17) is 0 Å². The lowest BCUT2D eigenvalue weighted by Crippen LogP contribution is -2.07. The maximum Gasteiger partial charge on any atom is 0.327 e. The molecule has 0 saturated heterocycles. The number of nitro groups is 1. The molecule has 0 heterocycles. The van der Waals surface area contributed by atoms with Gasteiger partial charge < -0.3 is 5.32 Å². The highest BCUT2D eigenvalue weighted by Gasteiger charge is 2.32. The van der Waals surface area contributed by atoms with Gasteiger partial charge in [-0.05, 0) is 30.4 Å². The molecule has 0 amide bonds. The first-order valence-electron chi connectivity index (χ1n) is 5.26. The van der Waals surface area contributed by atoms with E-state index in [2.05, 4.69) is 12.2 Å². The van der Waals surface area contributed by atoms with Crippen molar-refractivity contribution >= 4 is 11.4 Å². The molecule has 1 saturated carbocycles. The second-order valence-corrected chi connectivity index (χ2v) is 4.25. The summed E-state index contributed by atoms with van der Waals surface area (Å²) in [6.07, 6.45) is 1.14. The quantitative estimate of drug-likeness (QED) is 0.632. The van der Waals surface area contributed by atoms with Crippen LogP contribution in [0.15, 0.2) is 18.2 Å². The van der Waals surface area contributed by atoms with Crippen LogP contribution in [0.1, 0.15) is 13.3 Å². The zero-order valence-electron chi connectivity index (χ0n) is 8.94. The van der Waals surface area contributed by atoms with E-state index >= 15 is 0 Å². The summed E-state index contributed by atoms with van der Waals surface area (Å²) < 4.78 is 13.2. The van der Waals surface area contributed by atoms with E-state index in [1.807, 2.05) is 0 Å². The van der Waals surface area contributed by atoms with Gasteiger partial charge in [0.25, 0.3) is 0 Å². The van der Waals surface area contributed by atoms with Crippen molar-refractivity contribution in [1.82, 2.24) is 0 Å². The standard InChI is InChI=1S/C11H13FN2O2/c1-7-5-8(7)6-13-10-4-2-3-9(12)11(10)14(15)16/h2-4,7-8,13H,5-6H2,1H3. The highest BCUT2D eigenvalue weighted by molar-refractivity contribution is 5.62. The van der Waals surface area contributed by atoms with Gasteiger partial charge in [-0.1, -0.05) is 13.0 Å². The Labute approximate surface area is 92.6 Å². The fraction of sp³-hybridized carbons (Fsp3) is 0.455. The fourth-order valence-electron chi connectivity index (χ4n) is 1.77. The Morgan fingerprint density at radius 1 is 1.62 bits per heavy atom. The Bertz CT molecular complexity index is 422. The molecule has 1 aromatic carbocycles. The van der Waals surface area contributed by atoms with Crippen LogP contribution in [0.5, 0.6) is 0 Å². The van der Waals surface area contributed by atoms with Gasteiger partial charge in [-0.25, -0.2) is 0 Å². The molecule has 0 radical (unpaired) electrons. The van der Waals surface area contributed by atoms with Crippen molar-refractivity contribution < 1.29 is 9.31 Å². The summed E-state index contributed by atoms with van der Waals surface area (Å²) >= 11 is 0. The van der Waals surface area contributed by atoms with Gasteiger partial charge in [0, 0.05) is 6.54 Å². The number of nitrogens with zero attached hydrogens (tertiary/aromatic N) is 1. The number of anilines is 1. The number of para-hydroxylation sites is 1. The lowest BCUT2D eigenvalue weighted by atomic mass is 10.2. The predicted molar refractivity (Wildman–Crippen MR) is 58.8 cm³/mol. The van der Waals surface area contributed by atoms with Crippen molar-refractivity contribution in [3.63, 3.8) is 0 Å². The third-order valence-electron chi connectivity index (χ3n) is 3.00. The zero-order chi connectivity index (χ0) is 11.7. The zero-order valence-corrected chi connectivity index (χ0v) is 8.94. The maximum absolute atomic E-state index is 13.2. The number of halogens is 1. The van der Waals surface area contributed by atoms with Crippen LogP contribution in [0, 0.1) is 27.8 Å². The van der Waals surface area contributed by atoms with Crippen molar-refractivity contribution in [3.8, 4) is 0 Å². The molecular weight excluding hydrogens is 211 g/mol. The number of nitrogens with one attached hydrogen (secondary N) is 1. The molecule has 1 N–H and O–H groups in total. The van der Waals surface area contributed by atoms with E-state index in [1.54, 1.807) is 0 Å². The monoisotopic (exact) mass is 224 g/mol. The summed E-state index contributed by atoms with van der Waals surface area (Å²) in [5.41, 5.74) is -0.195. The Morgan fingerprint density at radius 3 is 2.88 bits per heavy atom. The van der Waals surface area contributed by atoms with Crippen LogP contribution >= 0.6 is 0 Å². The smallest absolute Gasteiger partial charge is 0.327 e. The largest absolute Gasteiger partial charge is 0.379 e. The van der Waals surface area contributed by atoms with E-state index < -0.39 is 16.4 Å². The maximum atomic E-state index is 13.2. The molecule has 86 valence electrons. The van der Waals surface area contributed by atoms with E-state index in [1.165, 1.54) is 12.1 Å². The molecule has 1 fully saturated rings. The molecule has 16 heavy (non-hydrogen) atoms. The van der Waals surface area contributed by atoms with E-state index in [-0.39, 0.29) is 5.69 Å². The highest BCUT2D eigenvalue weighted by atomic mass is 19.1. The minimum atomic E-state index is -0.793. The van der Waals surface area contributed by atoms with Crippen molar-refractivity contribution in [1.29, 1.82) is 0 Å². The lowest BCUT2D eigenvalue weighted by Gasteiger charge is -2.06. The topological polar surface area (TPSA) is 55.2 Å². The van der Waals surface area contributed by atoms with E-state index in [0.29, 0.717) is 18.4 Å². The number of hydrogen-bond acceptors (Lipinski definition) is 3. The van der Waals surface area contributed by atoms with E-state index in [9.17, 15) is 14.5 Å². The van der Waals surface area contributed by atoms with Gasteiger partial charge in [0.1, 0.15) is 5.69 Å². The van der Waals surface area contributed by atoms with Crippen LogP contribution in [0.25, 0.3) is 0 Å². The van der Waals surface area contributed by atoms with Crippen molar-refractivity contribution in [2.24, 2.45) is 11.8 Å². The second-order valence-electron chi connectivity index (χ2n) is 4.25. The second kappa shape index (κ2) is 4.08. The first-order valence-corrected chi connectivity index (χ1v) is 5.26. The normalized spacial score (nSPS) is 22.9. The minimum absolute atomic E-state index is 0.268. The molecule has 0 aliphatic heterocycles. The Hall–Kier alpha value is -1.65. The summed E-state index contributed by atoms with van der Waals surface area (Å²) in [4.78, 5) is 10.0. The molecule has 1 aliphatic carbocycles. The summed E-state index contributed by atoms with van der Waals surface area (Å²) in [5.74, 6) is 0.432. The molecule has 2 atom stereocenters. The van der Waals surface area contributed by atoms with Crippen LogP contribution in [-0.4, -0.2) is 11.5 Å². The number of nitro benzene ring substituents is 1. The first-order chi connectivity index (χ1) is 7.59. The van der Waals surface area contributed by atoms with Gasteiger partial charge in [-0.2, -0.15) is 4.39 Å². The number of benzene rings is 1. The third-order valence-corrected chi connectivity index (χ3v) is 3.00. The average molecular weight is 224 g/mol. The molecule has 1 aromatic rings. The number of rotatable bonds is 4. The Morgan fingerprint density at radius 2 is 2.31 bits per heavy atom. The Kier molecular flexibility index (Phi) is 2.77. The van der Waals surface area contributed by atoms with Gasteiger partial charge >= 0.3 is 5.69 Å². The van der Waals surface area contributed by atoms with Gasteiger partial charge in [0.15, 0.2) is 0 Å². The molecule has 0 bridgehead atoms. The van der Waals surface area contributed by atoms with Crippen molar-refractivity contribution in [3.05, 3.63) is 34.1 Å². The molecule has 5 heteroatoms. The molecule has 2 unspecified atom stereocenters. The van der Waals surface area contributed by atoms with Crippen LogP contribution in [0.2, 0.25) is 0 Å². The molecular formula is C11H13FN2O2. The van der Waals surface area contributed by atoms with Crippen LogP contribution in [0.3, 0.4) is 0 Å². The summed E-state index contributed by atoms with van der Waals surface area (Å²) in [6.45, 7) is 2.80. The minimum Gasteiger partial charge on any atom is -0.379 e. The number of hydrogen-bond donors (Lipinski definition) is 1. The molecule has 4 nitrogen and oxygen atoms in total. The van der Waals surface area contributed by atoms with Crippen LogP contribution in [-0.2, 0) is 0 Å². The van der Waals surface area contributed by atoms with Crippen molar-refractivity contribution in [2.75, 3.05) is 11.9 Å². The summed E-state index contributed by atoms with van der Waals surface area (Å²) in [5, 5.41) is 13.6. The van der Waals surface area contributed by atoms with Gasteiger partial charge in [-0.3, -0.25) is 10.1 Å².